The highest BCUT2D eigenvalue weighted by Gasteiger charge is 2.23. The van der Waals surface area contributed by atoms with Gasteiger partial charge in [0.1, 0.15) is 11.5 Å². The maximum atomic E-state index is 12.5. The lowest BCUT2D eigenvalue weighted by Gasteiger charge is -2.27. The summed E-state index contributed by atoms with van der Waals surface area (Å²) in [4.78, 5) is 23.8. The van der Waals surface area contributed by atoms with Crippen molar-refractivity contribution in [3.8, 4) is 11.5 Å². The molecule has 1 aliphatic rings. The van der Waals surface area contributed by atoms with Crippen molar-refractivity contribution in [2.45, 2.75) is 19.4 Å². The van der Waals surface area contributed by atoms with E-state index in [9.17, 15) is 9.59 Å². The van der Waals surface area contributed by atoms with Gasteiger partial charge in [-0.3, -0.25) is 4.79 Å². The summed E-state index contributed by atoms with van der Waals surface area (Å²) in [6, 6.07) is 11.4. The Labute approximate surface area is 156 Å². The summed E-state index contributed by atoms with van der Waals surface area (Å²) in [5.74, 6) is 0.804. The van der Waals surface area contributed by atoms with Crippen LogP contribution in [-0.2, 0) is 4.74 Å². The molecule has 1 amide bonds. The van der Waals surface area contributed by atoms with Crippen LogP contribution in [0.25, 0.3) is 0 Å². The first-order chi connectivity index (χ1) is 12.6. The Balaban J connectivity index is 1.67. The van der Waals surface area contributed by atoms with Crippen LogP contribution in [0.3, 0.4) is 0 Å². The Bertz CT molecular complexity index is 806. The SMILES string of the molecule is CCOC(=O)Oc1ccc(C(=O)NC2CCOc3ccc(Cl)cc32)cc1. The first kappa shape index (κ1) is 18.1. The summed E-state index contributed by atoms with van der Waals surface area (Å²) in [6.45, 7) is 2.44. The van der Waals surface area contributed by atoms with Gasteiger partial charge in [-0.1, -0.05) is 11.6 Å². The molecule has 0 fully saturated rings. The number of benzene rings is 2. The van der Waals surface area contributed by atoms with Crippen molar-refractivity contribution in [1.29, 1.82) is 0 Å². The second-order valence-corrected chi connectivity index (χ2v) is 6.09. The number of carbonyl (C=O) groups is 2. The third kappa shape index (κ3) is 4.26. The van der Waals surface area contributed by atoms with Crippen LogP contribution in [-0.4, -0.2) is 25.3 Å². The van der Waals surface area contributed by atoms with E-state index in [4.69, 9.17) is 25.8 Å². The number of amides is 1. The molecule has 0 aliphatic carbocycles. The monoisotopic (exact) mass is 375 g/mol. The highest BCUT2D eigenvalue weighted by molar-refractivity contribution is 6.30. The number of halogens is 1. The molecule has 136 valence electrons. The minimum Gasteiger partial charge on any atom is -0.493 e. The smallest absolute Gasteiger partial charge is 0.493 e. The van der Waals surface area contributed by atoms with E-state index in [1.807, 2.05) is 0 Å². The van der Waals surface area contributed by atoms with E-state index in [-0.39, 0.29) is 18.6 Å². The molecule has 1 aliphatic heterocycles. The van der Waals surface area contributed by atoms with Crippen LogP contribution in [0.2, 0.25) is 5.02 Å². The fourth-order valence-corrected chi connectivity index (χ4v) is 2.86. The second kappa shape index (κ2) is 8.10. The van der Waals surface area contributed by atoms with Crippen LogP contribution in [0.15, 0.2) is 42.5 Å². The summed E-state index contributed by atoms with van der Waals surface area (Å²) in [5.41, 5.74) is 1.32. The fourth-order valence-electron chi connectivity index (χ4n) is 2.67. The average molecular weight is 376 g/mol. The number of carbonyl (C=O) groups excluding carboxylic acids is 2. The lowest BCUT2D eigenvalue weighted by Crippen LogP contribution is -2.32. The molecule has 0 radical (unpaired) electrons. The number of fused-ring (bicyclic) bond motifs is 1. The van der Waals surface area contributed by atoms with Gasteiger partial charge in [0.05, 0.1) is 19.3 Å². The van der Waals surface area contributed by atoms with E-state index in [0.29, 0.717) is 29.4 Å². The Hall–Kier alpha value is -2.73. The molecule has 2 aromatic carbocycles. The van der Waals surface area contributed by atoms with Crippen LogP contribution < -0.4 is 14.8 Å². The second-order valence-electron chi connectivity index (χ2n) is 5.65. The molecule has 0 spiro atoms. The maximum Gasteiger partial charge on any atom is 0.513 e. The number of hydrogen-bond donors (Lipinski definition) is 1. The Morgan fingerprint density at radius 3 is 2.73 bits per heavy atom. The van der Waals surface area contributed by atoms with Crippen molar-refractivity contribution in [2.75, 3.05) is 13.2 Å². The molecule has 0 saturated heterocycles. The summed E-state index contributed by atoms with van der Waals surface area (Å²) < 4.78 is 15.3. The van der Waals surface area contributed by atoms with Gasteiger partial charge in [0, 0.05) is 22.6 Å². The Morgan fingerprint density at radius 2 is 2.00 bits per heavy atom. The van der Waals surface area contributed by atoms with Gasteiger partial charge in [0.15, 0.2) is 0 Å². The molecule has 7 heteroatoms. The first-order valence-corrected chi connectivity index (χ1v) is 8.62. The van der Waals surface area contributed by atoms with Crippen LogP contribution >= 0.6 is 11.6 Å². The molecule has 1 heterocycles. The summed E-state index contributed by atoms with van der Waals surface area (Å²) in [5, 5.41) is 3.58. The molecule has 3 rings (SSSR count). The highest BCUT2D eigenvalue weighted by atomic mass is 35.5. The quantitative estimate of drug-likeness (QED) is 0.642. The zero-order valence-corrected chi connectivity index (χ0v) is 14.9. The zero-order valence-electron chi connectivity index (χ0n) is 14.2. The lowest BCUT2D eigenvalue weighted by molar-refractivity contribution is 0.0924. The van der Waals surface area contributed by atoms with Gasteiger partial charge in [-0.05, 0) is 49.4 Å². The molecule has 1 unspecified atom stereocenters. The molecule has 0 aromatic heterocycles. The van der Waals surface area contributed by atoms with E-state index < -0.39 is 6.16 Å². The van der Waals surface area contributed by atoms with Crippen molar-refractivity contribution in [3.63, 3.8) is 0 Å². The minimum absolute atomic E-state index is 0.180. The number of rotatable bonds is 4. The maximum absolute atomic E-state index is 12.5. The van der Waals surface area contributed by atoms with Crippen molar-refractivity contribution in [1.82, 2.24) is 5.32 Å². The van der Waals surface area contributed by atoms with E-state index >= 15 is 0 Å². The van der Waals surface area contributed by atoms with Gasteiger partial charge in [0.2, 0.25) is 0 Å². The third-order valence-corrected chi connectivity index (χ3v) is 4.13. The van der Waals surface area contributed by atoms with E-state index in [1.54, 1.807) is 49.4 Å². The average Bonchev–Trinajstić information content (AvgIpc) is 2.63. The normalized spacial score (nSPS) is 15.4. The third-order valence-electron chi connectivity index (χ3n) is 3.90. The molecule has 1 atom stereocenters. The van der Waals surface area contributed by atoms with E-state index in [2.05, 4.69) is 5.32 Å². The fraction of sp³-hybridized carbons (Fsp3) is 0.263. The molecule has 0 saturated carbocycles. The predicted molar refractivity (Wildman–Crippen MR) is 95.9 cm³/mol. The van der Waals surface area contributed by atoms with Crippen LogP contribution in [0.1, 0.15) is 35.3 Å². The van der Waals surface area contributed by atoms with Crippen molar-refractivity contribution < 1.29 is 23.8 Å². The van der Waals surface area contributed by atoms with E-state index in [0.717, 1.165) is 11.3 Å². The van der Waals surface area contributed by atoms with Gasteiger partial charge >= 0.3 is 6.16 Å². The number of nitrogens with one attached hydrogen (secondary N) is 1. The summed E-state index contributed by atoms with van der Waals surface area (Å²) in [7, 11) is 0. The molecular weight excluding hydrogens is 358 g/mol. The first-order valence-electron chi connectivity index (χ1n) is 8.24. The molecule has 0 bridgehead atoms. The predicted octanol–water partition coefficient (Wildman–Crippen LogP) is 4.13. The highest BCUT2D eigenvalue weighted by Crippen LogP contribution is 2.34. The van der Waals surface area contributed by atoms with Crippen molar-refractivity contribution >= 4 is 23.7 Å². The minimum atomic E-state index is -0.777. The number of hydrogen-bond acceptors (Lipinski definition) is 5. The zero-order chi connectivity index (χ0) is 18.5. The van der Waals surface area contributed by atoms with Crippen molar-refractivity contribution in [2.24, 2.45) is 0 Å². The van der Waals surface area contributed by atoms with Crippen LogP contribution in [0.5, 0.6) is 11.5 Å². The van der Waals surface area contributed by atoms with Gasteiger partial charge in [-0.25, -0.2) is 4.79 Å². The van der Waals surface area contributed by atoms with Gasteiger partial charge in [-0.2, -0.15) is 0 Å². The summed E-state index contributed by atoms with van der Waals surface area (Å²) >= 11 is 6.06. The topological polar surface area (TPSA) is 73.9 Å². The standard InChI is InChI=1S/C19H18ClNO5/c1-2-24-19(23)26-14-6-3-12(4-7-14)18(22)21-16-9-10-25-17-8-5-13(20)11-15(16)17/h3-8,11,16H,2,9-10H2,1H3,(H,21,22). The van der Waals surface area contributed by atoms with Crippen LogP contribution in [0.4, 0.5) is 4.79 Å². The Morgan fingerprint density at radius 1 is 1.23 bits per heavy atom. The molecule has 2 aromatic rings. The molecule has 1 N–H and O–H groups in total. The number of ether oxygens (including phenoxy) is 3. The van der Waals surface area contributed by atoms with E-state index in [1.165, 1.54) is 0 Å². The lowest BCUT2D eigenvalue weighted by atomic mass is 10.00. The van der Waals surface area contributed by atoms with Gasteiger partial charge < -0.3 is 19.5 Å². The van der Waals surface area contributed by atoms with Crippen LogP contribution in [0, 0.1) is 0 Å². The summed E-state index contributed by atoms with van der Waals surface area (Å²) in [6.07, 6.45) is -0.122. The molecule has 6 nitrogen and oxygen atoms in total. The Kier molecular flexibility index (Phi) is 5.63. The van der Waals surface area contributed by atoms with Gasteiger partial charge in [0.25, 0.3) is 5.91 Å². The molecule has 26 heavy (non-hydrogen) atoms. The van der Waals surface area contributed by atoms with Gasteiger partial charge in [-0.15, -0.1) is 0 Å². The largest absolute Gasteiger partial charge is 0.513 e. The van der Waals surface area contributed by atoms with Crippen molar-refractivity contribution in [3.05, 3.63) is 58.6 Å². The molecular formula is C19H18ClNO5.